The van der Waals surface area contributed by atoms with Gasteiger partial charge < -0.3 is 0 Å². The van der Waals surface area contributed by atoms with Crippen LogP contribution in [0.25, 0.3) is 11.1 Å². The minimum atomic E-state index is -0.0657. The van der Waals surface area contributed by atoms with Crippen molar-refractivity contribution in [3.05, 3.63) is 47.5 Å². The number of Topliss-reactive ketones (excluding diaryl/α,β-unsaturated/α-hetero) is 2. The number of hydrogen-bond donors (Lipinski definition) is 0. The summed E-state index contributed by atoms with van der Waals surface area (Å²) in [6, 6.07) is 11.2. The molecule has 0 amide bonds. The van der Waals surface area contributed by atoms with Gasteiger partial charge in [-0.1, -0.05) is 30.3 Å². The minimum Gasteiger partial charge on any atom is -0.294 e. The zero-order valence-electron chi connectivity index (χ0n) is 9.28. The van der Waals surface area contributed by atoms with Gasteiger partial charge in [-0.15, -0.1) is 0 Å². The van der Waals surface area contributed by atoms with Crippen molar-refractivity contribution in [1.29, 1.82) is 0 Å². The highest BCUT2D eigenvalue weighted by atomic mass is 16.1. The molecule has 2 nitrogen and oxygen atoms in total. The van der Waals surface area contributed by atoms with Gasteiger partial charge in [0.1, 0.15) is 0 Å². The minimum absolute atomic E-state index is 0.0635. The van der Waals surface area contributed by atoms with E-state index in [9.17, 15) is 9.59 Å². The molecule has 0 aromatic carbocycles. The molecule has 0 atom stereocenters. The predicted octanol–water partition coefficient (Wildman–Crippen LogP) is 3.20. The van der Waals surface area contributed by atoms with Crippen LogP contribution in [-0.4, -0.2) is 11.6 Å². The second-order valence-corrected chi connectivity index (χ2v) is 3.83. The fourth-order valence-corrected chi connectivity index (χ4v) is 1.94. The van der Waals surface area contributed by atoms with Crippen molar-refractivity contribution in [2.45, 2.75) is 13.8 Å². The van der Waals surface area contributed by atoms with Crippen LogP contribution in [0.1, 0.15) is 34.6 Å². The van der Waals surface area contributed by atoms with Crippen molar-refractivity contribution in [2.75, 3.05) is 0 Å². The Kier molecular flexibility index (Phi) is 2.57. The second kappa shape index (κ2) is 3.89. The Hall–Kier alpha value is -1.96. The molecular formula is C14H12O2. The van der Waals surface area contributed by atoms with E-state index in [2.05, 4.69) is 0 Å². The molecule has 0 spiro atoms. The van der Waals surface area contributed by atoms with E-state index < -0.39 is 0 Å². The molecule has 0 bridgehead atoms. The Morgan fingerprint density at radius 1 is 0.938 bits per heavy atom. The molecule has 0 saturated heterocycles. The highest BCUT2D eigenvalue weighted by Crippen LogP contribution is 2.31. The topological polar surface area (TPSA) is 34.1 Å². The Morgan fingerprint density at radius 3 is 2.25 bits per heavy atom. The van der Waals surface area contributed by atoms with E-state index >= 15 is 0 Å². The summed E-state index contributed by atoms with van der Waals surface area (Å²) in [6.07, 6.45) is 0. The maximum atomic E-state index is 11.6. The lowest BCUT2D eigenvalue weighted by Gasteiger charge is -1.98. The van der Waals surface area contributed by atoms with Crippen molar-refractivity contribution < 1.29 is 9.59 Å². The number of fused-ring (bicyclic) bond motifs is 1. The third-order valence-electron chi connectivity index (χ3n) is 2.64. The standard InChI is InChI=1S/C14H12O2/c1-9(15)13-8-11-6-4-3-5-7-12(11)14(13)10(2)16/h3-8H,1-2H3. The van der Waals surface area contributed by atoms with Gasteiger partial charge in [0, 0.05) is 11.1 Å². The monoisotopic (exact) mass is 212 g/mol. The van der Waals surface area contributed by atoms with Gasteiger partial charge >= 0.3 is 0 Å². The van der Waals surface area contributed by atoms with E-state index in [1.807, 2.05) is 30.3 Å². The number of hydrogen-bond acceptors (Lipinski definition) is 2. The summed E-state index contributed by atoms with van der Waals surface area (Å²) >= 11 is 0. The van der Waals surface area contributed by atoms with Crippen LogP contribution in [0.15, 0.2) is 36.4 Å². The van der Waals surface area contributed by atoms with Crippen molar-refractivity contribution in [3.8, 4) is 11.1 Å². The third kappa shape index (κ3) is 1.63. The Morgan fingerprint density at radius 2 is 1.62 bits per heavy atom. The van der Waals surface area contributed by atoms with Crippen LogP contribution in [0, 0.1) is 0 Å². The number of carbonyl (C=O) groups excluding carboxylic acids is 2. The Labute approximate surface area is 94.3 Å². The van der Waals surface area contributed by atoms with E-state index in [1.54, 1.807) is 6.07 Å². The number of carbonyl (C=O) groups is 2. The van der Waals surface area contributed by atoms with Gasteiger partial charge in [-0.25, -0.2) is 0 Å². The molecule has 0 N–H and O–H groups in total. The molecule has 0 radical (unpaired) electrons. The summed E-state index contributed by atoms with van der Waals surface area (Å²) in [6.45, 7) is 2.98. The highest BCUT2D eigenvalue weighted by Gasteiger charge is 2.20. The van der Waals surface area contributed by atoms with E-state index in [4.69, 9.17) is 0 Å². The highest BCUT2D eigenvalue weighted by molar-refractivity contribution is 6.13. The zero-order valence-corrected chi connectivity index (χ0v) is 9.28. The summed E-state index contributed by atoms with van der Waals surface area (Å²) in [4.78, 5) is 23.1. The largest absolute Gasteiger partial charge is 0.294 e. The molecule has 2 rings (SSSR count). The van der Waals surface area contributed by atoms with Crippen molar-refractivity contribution >= 4 is 11.6 Å². The van der Waals surface area contributed by atoms with Crippen LogP contribution < -0.4 is 0 Å². The normalized spacial score (nSPS) is 10.4. The molecule has 2 aliphatic rings. The van der Waals surface area contributed by atoms with Crippen molar-refractivity contribution in [2.24, 2.45) is 0 Å². The first kappa shape index (κ1) is 10.6. The summed E-state index contributed by atoms with van der Waals surface area (Å²) in [5.41, 5.74) is 2.84. The van der Waals surface area contributed by atoms with Crippen LogP contribution in [0.5, 0.6) is 0 Å². The van der Waals surface area contributed by atoms with Gasteiger partial charge in [0.25, 0.3) is 0 Å². The molecular weight excluding hydrogens is 200 g/mol. The summed E-state index contributed by atoms with van der Waals surface area (Å²) in [5, 5.41) is 0. The molecule has 16 heavy (non-hydrogen) atoms. The summed E-state index contributed by atoms with van der Waals surface area (Å²) in [5.74, 6) is -0.129. The molecule has 0 aromatic rings. The van der Waals surface area contributed by atoms with Crippen LogP contribution in [-0.2, 0) is 0 Å². The van der Waals surface area contributed by atoms with E-state index in [1.165, 1.54) is 13.8 Å². The molecule has 0 aliphatic heterocycles. The van der Waals surface area contributed by atoms with Gasteiger partial charge in [0.05, 0.1) is 0 Å². The number of rotatable bonds is 2. The van der Waals surface area contributed by atoms with E-state index in [-0.39, 0.29) is 11.6 Å². The van der Waals surface area contributed by atoms with Gasteiger partial charge in [-0.2, -0.15) is 0 Å². The summed E-state index contributed by atoms with van der Waals surface area (Å²) in [7, 11) is 0. The van der Waals surface area contributed by atoms with E-state index in [0.717, 1.165) is 11.1 Å². The first-order chi connectivity index (χ1) is 7.61. The zero-order chi connectivity index (χ0) is 11.7. The van der Waals surface area contributed by atoms with Crippen molar-refractivity contribution in [3.63, 3.8) is 0 Å². The van der Waals surface area contributed by atoms with Crippen molar-refractivity contribution in [1.82, 2.24) is 0 Å². The quantitative estimate of drug-likeness (QED) is 0.716. The third-order valence-corrected chi connectivity index (χ3v) is 2.64. The SMILES string of the molecule is CC(=O)c1cc2cccccc-2c1C(C)=O. The molecule has 80 valence electrons. The lowest BCUT2D eigenvalue weighted by Crippen LogP contribution is -2.00. The Balaban J connectivity index is 2.82. The molecule has 2 aliphatic carbocycles. The smallest absolute Gasteiger partial charge is 0.161 e. The first-order valence-corrected chi connectivity index (χ1v) is 5.15. The predicted molar refractivity (Wildman–Crippen MR) is 63.1 cm³/mol. The summed E-state index contributed by atoms with van der Waals surface area (Å²) < 4.78 is 0. The lowest BCUT2D eigenvalue weighted by atomic mass is 10.0. The Bertz CT molecular complexity index is 541. The molecule has 0 heterocycles. The maximum Gasteiger partial charge on any atom is 0.161 e. The van der Waals surface area contributed by atoms with E-state index in [0.29, 0.717) is 11.1 Å². The molecule has 2 heteroatoms. The average molecular weight is 212 g/mol. The first-order valence-electron chi connectivity index (χ1n) is 5.15. The molecule has 0 fully saturated rings. The van der Waals surface area contributed by atoms with Gasteiger partial charge in [0.2, 0.25) is 0 Å². The van der Waals surface area contributed by atoms with Crippen LogP contribution in [0.3, 0.4) is 0 Å². The fraction of sp³-hybridized carbons (Fsp3) is 0.143. The maximum absolute atomic E-state index is 11.6. The molecule has 0 saturated carbocycles. The van der Waals surface area contributed by atoms with Gasteiger partial charge in [-0.3, -0.25) is 9.59 Å². The fourth-order valence-electron chi connectivity index (χ4n) is 1.94. The molecule has 0 aromatic heterocycles. The van der Waals surface area contributed by atoms with Gasteiger partial charge in [-0.05, 0) is 31.0 Å². The van der Waals surface area contributed by atoms with Crippen LogP contribution >= 0.6 is 0 Å². The molecule has 0 unspecified atom stereocenters. The lowest BCUT2D eigenvalue weighted by molar-refractivity contribution is 0.0982. The van der Waals surface area contributed by atoms with Crippen LogP contribution in [0.2, 0.25) is 0 Å². The van der Waals surface area contributed by atoms with Gasteiger partial charge in [0.15, 0.2) is 11.6 Å². The van der Waals surface area contributed by atoms with Crippen LogP contribution in [0.4, 0.5) is 0 Å². The average Bonchev–Trinajstić information content (AvgIpc) is 2.43. The second-order valence-electron chi connectivity index (χ2n) is 3.83. The number of ketones is 2.